The topological polar surface area (TPSA) is 48.7 Å². The molecule has 0 saturated carbocycles. The standard InChI is InChI=1S/C12H11ClO4/c1-15-8-3-7-4-9(6-13)17-12(14)11(7)10(5-8)16-2/h3-5H,6H2,1-2H3. The lowest BCUT2D eigenvalue weighted by Gasteiger charge is -2.08. The van der Waals surface area contributed by atoms with Crippen LogP contribution in [0.3, 0.4) is 0 Å². The molecule has 1 aromatic heterocycles. The van der Waals surface area contributed by atoms with Gasteiger partial charge in [0.1, 0.15) is 22.6 Å². The average Bonchev–Trinajstić information content (AvgIpc) is 2.36. The first-order valence-corrected chi connectivity index (χ1v) is 5.47. The number of fused-ring (bicyclic) bond motifs is 1. The van der Waals surface area contributed by atoms with Crippen LogP contribution in [0.2, 0.25) is 0 Å². The Morgan fingerprint density at radius 2 is 2.00 bits per heavy atom. The van der Waals surface area contributed by atoms with Crippen LogP contribution in [0.1, 0.15) is 5.76 Å². The summed E-state index contributed by atoms with van der Waals surface area (Å²) in [7, 11) is 3.04. The van der Waals surface area contributed by atoms with E-state index in [1.165, 1.54) is 7.11 Å². The molecule has 17 heavy (non-hydrogen) atoms. The minimum atomic E-state index is -0.461. The molecule has 2 aromatic rings. The summed E-state index contributed by atoms with van der Waals surface area (Å²) in [4.78, 5) is 11.8. The van der Waals surface area contributed by atoms with Gasteiger partial charge >= 0.3 is 5.63 Å². The van der Waals surface area contributed by atoms with Crippen molar-refractivity contribution >= 4 is 22.4 Å². The molecule has 0 spiro atoms. The van der Waals surface area contributed by atoms with Crippen molar-refractivity contribution in [2.24, 2.45) is 0 Å². The second kappa shape index (κ2) is 4.67. The van der Waals surface area contributed by atoms with E-state index < -0.39 is 5.63 Å². The van der Waals surface area contributed by atoms with Gasteiger partial charge in [-0.05, 0) is 17.5 Å². The van der Waals surface area contributed by atoms with Crippen molar-refractivity contribution in [3.05, 3.63) is 34.4 Å². The van der Waals surface area contributed by atoms with Crippen molar-refractivity contribution in [2.45, 2.75) is 5.88 Å². The summed E-state index contributed by atoms with van der Waals surface area (Å²) < 4.78 is 15.3. The molecule has 4 nitrogen and oxygen atoms in total. The summed E-state index contributed by atoms with van der Waals surface area (Å²) in [5, 5.41) is 1.08. The number of alkyl halides is 1. The summed E-state index contributed by atoms with van der Waals surface area (Å²) in [6, 6.07) is 5.08. The maximum atomic E-state index is 11.8. The Kier molecular flexibility index (Phi) is 3.24. The van der Waals surface area contributed by atoms with Gasteiger partial charge in [0.05, 0.1) is 20.1 Å². The lowest BCUT2D eigenvalue weighted by Crippen LogP contribution is -2.04. The summed E-state index contributed by atoms with van der Waals surface area (Å²) >= 11 is 5.65. The Morgan fingerprint density at radius 3 is 2.59 bits per heavy atom. The van der Waals surface area contributed by atoms with Crippen molar-refractivity contribution in [1.29, 1.82) is 0 Å². The number of hydrogen-bond donors (Lipinski definition) is 0. The molecular weight excluding hydrogens is 244 g/mol. The molecule has 0 bridgehead atoms. The lowest BCUT2D eigenvalue weighted by atomic mass is 10.1. The number of ether oxygens (including phenoxy) is 2. The second-order valence-corrected chi connectivity index (χ2v) is 3.69. The number of halogens is 1. The van der Waals surface area contributed by atoms with E-state index in [4.69, 9.17) is 25.5 Å². The molecule has 5 heteroatoms. The van der Waals surface area contributed by atoms with E-state index >= 15 is 0 Å². The Balaban J connectivity index is 2.84. The van der Waals surface area contributed by atoms with Crippen molar-refractivity contribution < 1.29 is 13.9 Å². The van der Waals surface area contributed by atoms with Crippen molar-refractivity contribution in [3.8, 4) is 11.5 Å². The van der Waals surface area contributed by atoms with Crippen LogP contribution in [0, 0.1) is 0 Å². The highest BCUT2D eigenvalue weighted by atomic mass is 35.5. The van der Waals surface area contributed by atoms with Gasteiger partial charge in [-0.25, -0.2) is 4.79 Å². The van der Waals surface area contributed by atoms with Gasteiger partial charge in [-0.1, -0.05) is 0 Å². The molecule has 0 radical (unpaired) electrons. The highest BCUT2D eigenvalue weighted by Crippen LogP contribution is 2.29. The first-order valence-electron chi connectivity index (χ1n) is 4.94. The van der Waals surface area contributed by atoms with E-state index in [0.29, 0.717) is 28.0 Å². The molecule has 0 unspecified atom stereocenters. The van der Waals surface area contributed by atoms with E-state index in [2.05, 4.69) is 0 Å². The Hall–Kier alpha value is -1.68. The first-order chi connectivity index (χ1) is 8.19. The molecule has 2 rings (SSSR count). The van der Waals surface area contributed by atoms with Gasteiger partial charge in [-0.2, -0.15) is 0 Å². The molecule has 0 fully saturated rings. The van der Waals surface area contributed by atoms with E-state index in [-0.39, 0.29) is 5.88 Å². The van der Waals surface area contributed by atoms with Gasteiger partial charge in [0.25, 0.3) is 0 Å². The molecule has 0 N–H and O–H groups in total. The highest BCUT2D eigenvalue weighted by molar-refractivity contribution is 6.16. The van der Waals surface area contributed by atoms with Crippen LogP contribution in [0.5, 0.6) is 11.5 Å². The quantitative estimate of drug-likeness (QED) is 0.790. The fraction of sp³-hybridized carbons (Fsp3) is 0.250. The molecule has 0 atom stereocenters. The molecule has 1 aromatic carbocycles. The minimum Gasteiger partial charge on any atom is -0.497 e. The van der Waals surface area contributed by atoms with Gasteiger partial charge in [0, 0.05) is 6.07 Å². The van der Waals surface area contributed by atoms with Crippen LogP contribution in [0.25, 0.3) is 10.8 Å². The van der Waals surface area contributed by atoms with Crippen LogP contribution < -0.4 is 15.1 Å². The molecule has 0 aliphatic heterocycles. The van der Waals surface area contributed by atoms with Crippen LogP contribution in [0.4, 0.5) is 0 Å². The number of methoxy groups -OCH3 is 2. The molecule has 0 aliphatic carbocycles. The van der Waals surface area contributed by atoms with Gasteiger partial charge < -0.3 is 13.9 Å². The van der Waals surface area contributed by atoms with E-state index in [0.717, 1.165) is 0 Å². The third-order valence-corrected chi connectivity index (χ3v) is 2.70. The Bertz CT molecular complexity index is 598. The average molecular weight is 255 g/mol. The molecule has 0 amide bonds. The maximum absolute atomic E-state index is 11.8. The normalized spacial score (nSPS) is 10.5. The van der Waals surface area contributed by atoms with Crippen LogP contribution >= 0.6 is 11.6 Å². The zero-order valence-corrected chi connectivity index (χ0v) is 10.2. The third-order valence-electron chi connectivity index (χ3n) is 2.44. The minimum absolute atomic E-state index is 0.144. The van der Waals surface area contributed by atoms with E-state index in [1.54, 1.807) is 25.3 Å². The van der Waals surface area contributed by atoms with Gasteiger partial charge in [-0.15, -0.1) is 11.6 Å². The van der Waals surface area contributed by atoms with Crippen molar-refractivity contribution in [3.63, 3.8) is 0 Å². The zero-order chi connectivity index (χ0) is 12.4. The molecule has 0 aliphatic rings. The van der Waals surface area contributed by atoms with E-state index in [9.17, 15) is 4.79 Å². The second-order valence-electron chi connectivity index (χ2n) is 3.43. The maximum Gasteiger partial charge on any atom is 0.347 e. The van der Waals surface area contributed by atoms with Gasteiger partial charge in [-0.3, -0.25) is 0 Å². The SMILES string of the molecule is COc1cc(OC)c2c(=O)oc(CCl)cc2c1. The van der Waals surface area contributed by atoms with Crippen LogP contribution in [-0.4, -0.2) is 14.2 Å². The third kappa shape index (κ3) is 2.08. The first kappa shape index (κ1) is 11.8. The fourth-order valence-corrected chi connectivity index (χ4v) is 1.79. The Labute approximate surface area is 103 Å². The summed E-state index contributed by atoms with van der Waals surface area (Å²) in [5.74, 6) is 1.60. The van der Waals surface area contributed by atoms with Gasteiger partial charge in [0.2, 0.25) is 0 Å². The monoisotopic (exact) mass is 254 g/mol. The molecular formula is C12H11ClO4. The highest BCUT2D eigenvalue weighted by Gasteiger charge is 2.11. The lowest BCUT2D eigenvalue weighted by molar-refractivity contribution is 0.396. The summed E-state index contributed by atoms with van der Waals surface area (Å²) in [5.41, 5.74) is -0.461. The predicted octanol–water partition coefficient (Wildman–Crippen LogP) is 2.55. The molecule has 0 saturated heterocycles. The Morgan fingerprint density at radius 1 is 1.24 bits per heavy atom. The summed E-state index contributed by atoms with van der Waals surface area (Å²) in [6.45, 7) is 0. The smallest absolute Gasteiger partial charge is 0.347 e. The van der Waals surface area contributed by atoms with Crippen LogP contribution in [-0.2, 0) is 5.88 Å². The van der Waals surface area contributed by atoms with E-state index in [1.807, 2.05) is 0 Å². The van der Waals surface area contributed by atoms with Crippen molar-refractivity contribution in [2.75, 3.05) is 14.2 Å². The largest absolute Gasteiger partial charge is 0.497 e. The van der Waals surface area contributed by atoms with Crippen molar-refractivity contribution in [1.82, 2.24) is 0 Å². The van der Waals surface area contributed by atoms with Crippen LogP contribution in [0.15, 0.2) is 27.4 Å². The fourth-order valence-electron chi connectivity index (χ4n) is 1.66. The summed E-state index contributed by atoms with van der Waals surface area (Å²) in [6.07, 6.45) is 0. The van der Waals surface area contributed by atoms with Gasteiger partial charge in [0.15, 0.2) is 0 Å². The predicted molar refractivity (Wildman–Crippen MR) is 65.1 cm³/mol. The zero-order valence-electron chi connectivity index (χ0n) is 9.45. The molecule has 1 heterocycles. The molecule has 90 valence electrons. The number of rotatable bonds is 3. The number of benzene rings is 1. The number of hydrogen-bond acceptors (Lipinski definition) is 4.